The molecule has 0 aliphatic carbocycles. The second-order valence-electron chi connectivity index (χ2n) is 6.88. The van der Waals surface area contributed by atoms with E-state index in [0.29, 0.717) is 33.8 Å². The van der Waals surface area contributed by atoms with Crippen LogP contribution in [-0.4, -0.2) is 55.2 Å². The number of amides is 2. The molecule has 2 aromatic rings. The van der Waals surface area contributed by atoms with Crippen LogP contribution in [0.5, 0.6) is 0 Å². The van der Waals surface area contributed by atoms with Gasteiger partial charge in [-0.3, -0.25) is 4.90 Å². The quantitative estimate of drug-likeness (QED) is 0.606. The summed E-state index contributed by atoms with van der Waals surface area (Å²) >= 11 is 18.3. The molecule has 2 amide bonds. The molecule has 2 aromatic carbocycles. The lowest BCUT2D eigenvalue weighted by Gasteiger charge is -2.28. The number of morpholine rings is 1. The average Bonchev–Trinajstić information content (AvgIpc) is 2.72. The fourth-order valence-electron chi connectivity index (χ4n) is 3.17. The van der Waals surface area contributed by atoms with E-state index in [4.69, 9.17) is 39.5 Å². The van der Waals surface area contributed by atoms with E-state index in [1.807, 2.05) is 24.3 Å². The van der Waals surface area contributed by atoms with Gasteiger partial charge in [-0.25, -0.2) is 4.79 Å². The molecular weight excluding hydrogens is 433 g/mol. The van der Waals surface area contributed by atoms with Crippen LogP contribution >= 0.6 is 34.8 Å². The van der Waals surface area contributed by atoms with Gasteiger partial charge in [0.05, 0.1) is 23.3 Å². The molecule has 0 unspecified atom stereocenters. The number of carbonyl (C=O) groups is 1. The van der Waals surface area contributed by atoms with Crippen LogP contribution in [0, 0.1) is 0 Å². The minimum absolute atomic E-state index is 0.203. The summed E-state index contributed by atoms with van der Waals surface area (Å²) in [5.74, 6) is 0. The molecule has 0 atom stereocenters. The molecule has 0 saturated carbocycles. The molecule has 29 heavy (non-hydrogen) atoms. The second-order valence-corrected chi connectivity index (χ2v) is 8.10. The number of ether oxygens (including phenoxy) is 1. The molecule has 1 fully saturated rings. The van der Waals surface area contributed by atoms with Crippen molar-refractivity contribution in [1.29, 1.82) is 0 Å². The molecule has 0 bridgehead atoms. The summed E-state index contributed by atoms with van der Waals surface area (Å²) in [6, 6.07) is 12.4. The van der Waals surface area contributed by atoms with Gasteiger partial charge in [-0.05, 0) is 36.2 Å². The first-order chi connectivity index (χ1) is 14.0. The van der Waals surface area contributed by atoms with Crippen molar-refractivity contribution in [3.05, 3.63) is 63.1 Å². The Labute approximate surface area is 186 Å². The number of nitrogens with zero attached hydrogens (tertiary/aromatic N) is 2. The standard InChI is InChI=1S/C21H24Cl3N3O2/c22-18-5-2-1-4-16(18)15-27(9-3-8-26-10-12-29-13-11-26)21(28)25-17-6-7-19(23)20(24)14-17/h1-2,4-7,14H,3,8-13,15H2,(H,25,28). The second kappa shape index (κ2) is 11.0. The summed E-state index contributed by atoms with van der Waals surface area (Å²) in [4.78, 5) is 17.1. The van der Waals surface area contributed by atoms with Crippen LogP contribution in [0.2, 0.25) is 15.1 Å². The number of hydrogen-bond donors (Lipinski definition) is 1. The van der Waals surface area contributed by atoms with Gasteiger partial charge in [-0.2, -0.15) is 0 Å². The molecule has 1 aliphatic rings. The molecule has 8 heteroatoms. The first kappa shape index (κ1) is 22.2. The average molecular weight is 457 g/mol. The molecule has 1 saturated heterocycles. The van der Waals surface area contributed by atoms with Crippen LogP contribution in [0.4, 0.5) is 10.5 Å². The largest absolute Gasteiger partial charge is 0.379 e. The fraction of sp³-hybridized carbons (Fsp3) is 0.381. The first-order valence-electron chi connectivity index (χ1n) is 9.57. The lowest BCUT2D eigenvalue weighted by atomic mass is 10.2. The van der Waals surface area contributed by atoms with Crippen LogP contribution in [0.15, 0.2) is 42.5 Å². The van der Waals surface area contributed by atoms with Crippen LogP contribution < -0.4 is 5.32 Å². The van der Waals surface area contributed by atoms with Gasteiger partial charge in [0.1, 0.15) is 0 Å². The molecule has 1 heterocycles. The molecule has 0 radical (unpaired) electrons. The van der Waals surface area contributed by atoms with Gasteiger partial charge in [0.15, 0.2) is 0 Å². The summed E-state index contributed by atoms with van der Waals surface area (Å²) in [5, 5.41) is 4.40. The van der Waals surface area contributed by atoms with Crippen LogP contribution in [0.3, 0.4) is 0 Å². The van der Waals surface area contributed by atoms with Gasteiger partial charge >= 0.3 is 6.03 Å². The van der Waals surface area contributed by atoms with E-state index in [9.17, 15) is 4.79 Å². The Morgan fingerprint density at radius 3 is 2.52 bits per heavy atom. The topological polar surface area (TPSA) is 44.8 Å². The van der Waals surface area contributed by atoms with Gasteiger partial charge in [0.2, 0.25) is 0 Å². The molecule has 0 aromatic heterocycles. The van der Waals surface area contributed by atoms with E-state index in [-0.39, 0.29) is 6.03 Å². The molecule has 3 rings (SSSR count). The zero-order chi connectivity index (χ0) is 20.6. The number of hydrogen-bond acceptors (Lipinski definition) is 3. The number of rotatable bonds is 7. The zero-order valence-corrected chi connectivity index (χ0v) is 18.3. The maximum Gasteiger partial charge on any atom is 0.322 e. The molecule has 5 nitrogen and oxygen atoms in total. The summed E-state index contributed by atoms with van der Waals surface area (Å²) in [5.41, 5.74) is 1.51. The highest BCUT2D eigenvalue weighted by atomic mass is 35.5. The first-order valence-corrected chi connectivity index (χ1v) is 10.7. The van der Waals surface area contributed by atoms with E-state index in [1.54, 1.807) is 23.1 Å². The van der Waals surface area contributed by atoms with Gasteiger partial charge in [0.25, 0.3) is 0 Å². The molecule has 1 N–H and O–H groups in total. The molecular formula is C21H24Cl3N3O2. The maximum absolute atomic E-state index is 13.0. The van der Waals surface area contributed by atoms with E-state index in [0.717, 1.165) is 44.8 Å². The van der Waals surface area contributed by atoms with Crippen molar-refractivity contribution in [1.82, 2.24) is 9.80 Å². The highest BCUT2D eigenvalue weighted by Gasteiger charge is 2.17. The highest BCUT2D eigenvalue weighted by molar-refractivity contribution is 6.42. The van der Waals surface area contributed by atoms with Gasteiger partial charge in [-0.15, -0.1) is 0 Å². The van der Waals surface area contributed by atoms with E-state index < -0.39 is 0 Å². The van der Waals surface area contributed by atoms with Crippen LogP contribution in [-0.2, 0) is 11.3 Å². The third-order valence-electron chi connectivity index (χ3n) is 4.78. The van der Waals surface area contributed by atoms with Crippen LogP contribution in [0.25, 0.3) is 0 Å². The summed E-state index contributed by atoms with van der Waals surface area (Å²) in [6.07, 6.45) is 0.860. The molecule has 0 spiro atoms. The number of halogens is 3. The van der Waals surface area contributed by atoms with E-state index in [1.165, 1.54) is 0 Å². The monoisotopic (exact) mass is 455 g/mol. The molecule has 1 aliphatic heterocycles. The van der Waals surface area contributed by atoms with Crippen molar-refractivity contribution >= 4 is 46.5 Å². The van der Waals surface area contributed by atoms with E-state index in [2.05, 4.69) is 10.2 Å². The summed E-state index contributed by atoms with van der Waals surface area (Å²) < 4.78 is 5.39. The SMILES string of the molecule is O=C(Nc1ccc(Cl)c(Cl)c1)N(CCCN1CCOCC1)Cc1ccccc1Cl. The minimum Gasteiger partial charge on any atom is -0.379 e. The predicted molar refractivity (Wildman–Crippen MR) is 119 cm³/mol. The van der Waals surface area contributed by atoms with Crippen molar-refractivity contribution in [3.8, 4) is 0 Å². The summed E-state index contributed by atoms with van der Waals surface area (Å²) in [7, 11) is 0. The zero-order valence-electron chi connectivity index (χ0n) is 16.0. The fourth-order valence-corrected chi connectivity index (χ4v) is 3.66. The minimum atomic E-state index is -0.203. The van der Waals surface area contributed by atoms with Gasteiger partial charge < -0.3 is 15.0 Å². The Kier molecular flexibility index (Phi) is 8.45. The highest BCUT2D eigenvalue weighted by Crippen LogP contribution is 2.25. The Balaban J connectivity index is 1.65. The predicted octanol–water partition coefficient (Wildman–Crippen LogP) is 5.40. The van der Waals surface area contributed by atoms with Crippen molar-refractivity contribution in [2.24, 2.45) is 0 Å². The number of urea groups is 1. The normalized spacial score (nSPS) is 14.6. The van der Waals surface area contributed by atoms with E-state index >= 15 is 0 Å². The van der Waals surface area contributed by atoms with Crippen LogP contribution in [0.1, 0.15) is 12.0 Å². The van der Waals surface area contributed by atoms with Crippen molar-refractivity contribution < 1.29 is 9.53 Å². The lowest BCUT2D eigenvalue weighted by Crippen LogP contribution is -2.40. The Morgan fingerprint density at radius 2 is 1.79 bits per heavy atom. The van der Waals surface area contributed by atoms with Crippen molar-refractivity contribution in [2.75, 3.05) is 44.7 Å². The van der Waals surface area contributed by atoms with Gasteiger partial charge in [0, 0.05) is 43.4 Å². The Bertz CT molecular complexity index is 829. The number of benzene rings is 2. The Morgan fingerprint density at radius 1 is 1.03 bits per heavy atom. The van der Waals surface area contributed by atoms with Crippen molar-refractivity contribution in [3.63, 3.8) is 0 Å². The third-order valence-corrected chi connectivity index (χ3v) is 5.89. The Hall–Kier alpha value is -1.50. The third kappa shape index (κ3) is 6.76. The summed E-state index contributed by atoms with van der Waals surface area (Å²) in [6.45, 7) is 5.34. The maximum atomic E-state index is 13.0. The molecule has 156 valence electrons. The number of anilines is 1. The van der Waals surface area contributed by atoms with Gasteiger partial charge in [-0.1, -0.05) is 53.0 Å². The number of carbonyl (C=O) groups excluding carboxylic acids is 1. The van der Waals surface area contributed by atoms with Crippen molar-refractivity contribution in [2.45, 2.75) is 13.0 Å². The smallest absolute Gasteiger partial charge is 0.322 e. The lowest BCUT2D eigenvalue weighted by molar-refractivity contribution is 0.0365. The number of nitrogens with one attached hydrogen (secondary N) is 1.